The van der Waals surface area contributed by atoms with Crippen LogP contribution in [0.2, 0.25) is 10.0 Å². The SMILES string of the molecule is Cc1sc(CC(C)(C(=O)NCC(C)(C(=O)Nc2ccc(F)c(C(F)(F)F)c2)S(=O)(=O)c2ccc(Cl)cc2)S(=O)(=O)c2ccc(Cl)cc2)nc1-c1ccc(F)cc1. The minimum Gasteiger partial charge on any atom is -0.353 e. The fourth-order valence-corrected chi connectivity index (χ4v) is 10.2. The van der Waals surface area contributed by atoms with Gasteiger partial charge in [-0.25, -0.2) is 30.6 Å². The van der Waals surface area contributed by atoms with Crippen molar-refractivity contribution < 1.29 is 48.4 Å². The number of benzene rings is 4. The van der Waals surface area contributed by atoms with Crippen LogP contribution in [-0.2, 0) is 41.9 Å². The van der Waals surface area contributed by atoms with Crippen LogP contribution in [0.15, 0.2) is 101 Å². The average Bonchev–Trinajstić information content (AvgIpc) is 3.50. The lowest BCUT2D eigenvalue weighted by Gasteiger charge is -2.32. The van der Waals surface area contributed by atoms with Crippen molar-refractivity contribution in [2.24, 2.45) is 0 Å². The number of nitrogens with zero attached hydrogens (tertiary/aromatic N) is 1. The smallest absolute Gasteiger partial charge is 0.353 e. The molecule has 19 heteroatoms. The molecule has 0 saturated carbocycles. The van der Waals surface area contributed by atoms with Gasteiger partial charge in [0.2, 0.25) is 11.8 Å². The number of amides is 2. The molecule has 1 aromatic heterocycles. The zero-order chi connectivity index (χ0) is 41.4. The molecule has 0 radical (unpaired) electrons. The summed E-state index contributed by atoms with van der Waals surface area (Å²) < 4.78 is 120. The third kappa shape index (κ3) is 8.46. The van der Waals surface area contributed by atoms with Gasteiger partial charge >= 0.3 is 6.18 Å². The first-order chi connectivity index (χ1) is 26.0. The number of carbonyl (C=O) groups excluding carboxylic acids is 2. The second-order valence-electron chi connectivity index (χ2n) is 12.9. The number of thiazole rings is 1. The van der Waals surface area contributed by atoms with Crippen molar-refractivity contribution in [1.82, 2.24) is 10.3 Å². The highest BCUT2D eigenvalue weighted by atomic mass is 35.5. The first-order valence-electron chi connectivity index (χ1n) is 16.2. The molecule has 1 heterocycles. The molecule has 5 aromatic rings. The van der Waals surface area contributed by atoms with Crippen molar-refractivity contribution >= 4 is 71.7 Å². The third-order valence-electron chi connectivity index (χ3n) is 8.96. The lowest BCUT2D eigenvalue weighted by molar-refractivity contribution is -0.140. The van der Waals surface area contributed by atoms with E-state index >= 15 is 0 Å². The number of rotatable bonds is 12. The fourth-order valence-electron chi connectivity index (χ4n) is 5.55. The first-order valence-corrected chi connectivity index (χ1v) is 20.7. The highest BCUT2D eigenvalue weighted by Gasteiger charge is 2.52. The number of sulfone groups is 2. The molecule has 0 bridgehead atoms. The van der Waals surface area contributed by atoms with Gasteiger partial charge in [-0.05, 0) is 112 Å². The zero-order valence-electron chi connectivity index (χ0n) is 29.3. The van der Waals surface area contributed by atoms with Crippen molar-refractivity contribution in [1.29, 1.82) is 0 Å². The summed E-state index contributed by atoms with van der Waals surface area (Å²) in [6, 6.07) is 16.3. The highest BCUT2D eigenvalue weighted by molar-refractivity contribution is 7.94. The van der Waals surface area contributed by atoms with E-state index in [-0.39, 0.29) is 26.0 Å². The number of anilines is 1. The lowest BCUT2D eigenvalue weighted by Crippen LogP contribution is -2.59. The van der Waals surface area contributed by atoms with Crippen LogP contribution >= 0.6 is 34.5 Å². The lowest BCUT2D eigenvalue weighted by atomic mass is 10.0. The van der Waals surface area contributed by atoms with E-state index in [9.17, 15) is 48.4 Å². The van der Waals surface area contributed by atoms with E-state index < -0.39 is 87.9 Å². The van der Waals surface area contributed by atoms with Gasteiger partial charge in [0.25, 0.3) is 0 Å². The largest absolute Gasteiger partial charge is 0.419 e. The van der Waals surface area contributed by atoms with Crippen LogP contribution in [-0.4, -0.2) is 49.7 Å². The highest BCUT2D eigenvalue weighted by Crippen LogP contribution is 2.37. The third-order valence-corrected chi connectivity index (χ3v) is 15.2. The molecule has 0 spiro atoms. The van der Waals surface area contributed by atoms with Crippen LogP contribution in [0.1, 0.15) is 29.3 Å². The summed E-state index contributed by atoms with van der Waals surface area (Å²) in [5.74, 6) is -4.87. The van der Waals surface area contributed by atoms with E-state index in [1.54, 1.807) is 6.92 Å². The van der Waals surface area contributed by atoms with Gasteiger partial charge in [0.05, 0.1) is 26.1 Å². The van der Waals surface area contributed by atoms with Gasteiger partial charge in [-0.3, -0.25) is 9.59 Å². The topological polar surface area (TPSA) is 139 Å². The molecular formula is C37H30Cl2F5N3O6S3. The van der Waals surface area contributed by atoms with E-state index in [0.717, 1.165) is 43.4 Å². The molecule has 2 unspecified atom stereocenters. The number of hydrogen-bond acceptors (Lipinski definition) is 8. The van der Waals surface area contributed by atoms with E-state index in [0.29, 0.717) is 22.2 Å². The molecule has 0 fully saturated rings. The Morgan fingerprint density at radius 1 is 0.750 bits per heavy atom. The Bertz CT molecular complexity index is 2520. The number of hydrogen-bond donors (Lipinski definition) is 2. The molecule has 0 saturated heterocycles. The van der Waals surface area contributed by atoms with Crippen LogP contribution in [0.25, 0.3) is 11.3 Å². The Balaban J connectivity index is 1.57. The van der Waals surface area contributed by atoms with E-state index in [1.165, 1.54) is 60.7 Å². The summed E-state index contributed by atoms with van der Waals surface area (Å²) in [5, 5.41) is 4.86. The first kappa shape index (κ1) is 42.7. The van der Waals surface area contributed by atoms with Gasteiger partial charge in [0.15, 0.2) is 29.2 Å². The number of carbonyl (C=O) groups is 2. The predicted molar refractivity (Wildman–Crippen MR) is 203 cm³/mol. The zero-order valence-corrected chi connectivity index (χ0v) is 33.3. The molecule has 9 nitrogen and oxygen atoms in total. The van der Waals surface area contributed by atoms with Gasteiger partial charge in [-0.15, -0.1) is 11.3 Å². The molecule has 296 valence electrons. The number of nitrogens with one attached hydrogen (secondary N) is 2. The van der Waals surface area contributed by atoms with Gasteiger partial charge < -0.3 is 10.6 Å². The second-order valence-corrected chi connectivity index (χ2v) is 19.8. The number of halogens is 7. The van der Waals surface area contributed by atoms with E-state index in [1.807, 2.05) is 0 Å². The Kier molecular flexibility index (Phi) is 12.1. The molecule has 2 N–H and O–H groups in total. The summed E-state index contributed by atoms with van der Waals surface area (Å²) in [4.78, 5) is 32.7. The van der Waals surface area contributed by atoms with E-state index in [2.05, 4.69) is 15.6 Å². The fraction of sp³-hybridized carbons (Fsp3) is 0.216. The molecule has 0 aliphatic heterocycles. The average molecular weight is 875 g/mol. The van der Waals surface area contributed by atoms with Crippen LogP contribution < -0.4 is 10.6 Å². The maximum absolute atomic E-state index is 14.4. The van der Waals surface area contributed by atoms with E-state index in [4.69, 9.17) is 23.2 Å². The molecule has 2 amide bonds. The quantitative estimate of drug-likeness (QED) is 0.120. The van der Waals surface area contributed by atoms with Crippen LogP contribution in [0, 0.1) is 18.6 Å². The maximum atomic E-state index is 14.4. The second kappa shape index (κ2) is 15.8. The molecule has 2 atom stereocenters. The van der Waals surface area contributed by atoms with Crippen molar-refractivity contribution in [3.63, 3.8) is 0 Å². The van der Waals surface area contributed by atoms with Gasteiger partial charge in [-0.1, -0.05) is 23.2 Å². The van der Waals surface area contributed by atoms with Gasteiger partial charge in [-0.2, -0.15) is 13.2 Å². The molecule has 4 aromatic carbocycles. The number of alkyl halides is 3. The van der Waals surface area contributed by atoms with Gasteiger partial charge in [0, 0.05) is 39.1 Å². The number of aromatic nitrogens is 1. The maximum Gasteiger partial charge on any atom is 0.419 e. The van der Waals surface area contributed by atoms with Crippen molar-refractivity contribution in [2.45, 2.75) is 52.7 Å². The van der Waals surface area contributed by atoms with Crippen LogP contribution in [0.5, 0.6) is 0 Å². The number of aryl methyl sites for hydroxylation is 1. The molecule has 5 rings (SSSR count). The Labute approximate surface area is 332 Å². The minimum absolute atomic E-state index is 0.123. The normalized spacial score (nSPS) is 14.4. The summed E-state index contributed by atoms with van der Waals surface area (Å²) >= 11 is 13.0. The summed E-state index contributed by atoms with van der Waals surface area (Å²) in [6.07, 6.45) is -5.74. The minimum atomic E-state index is -5.17. The summed E-state index contributed by atoms with van der Waals surface area (Å²) in [7, 11) is -9.60. The summed E-state index contributed by atoms with van der Waals surface area (Å²) in [5.41, 5.74) is -1.46. The Morgan fingerprint density at radius 2 is 1.27 bits per heavy atom. The van der Waals surface area contributed by atoms with Crippen molar-refractivity contribution in [3.05, 3.63) is 128 Å². The van der Waals surface area contributed by atoms with Crippen LogP contribution in [0.4, 0.5) is 27.6 Å². The molecule has 0 aliphatic carbocycles. The van der Waals surface area contributed by atoms with Crippen molar-refractivity contribution in [3.8, 4) is 11.3 Å². The monoisotopic (exact) mass is 873 g/mol. The molecule has 56 heavy (non-hydrogen) atoms. The summed E-state index contributed by atoms with van der Waals surface area (Å²) in [6.45, 7) is 2.54. The standard InChI is InChI=1S/C37H30Cl2F5N3O6S3/c1-21-32(22-4-10-25(40)11-5-22)47-31(54-21)19-35(2,55(50,51)27-13-6-23(38)7-14-27)33(48)45-20-36(3,56(52,53)28-15-8-24(39)9-16-28)34(49)46-26-12-17-30(41)29(18-26)37(42,43)44/h4-18H,19-20H2,1-3H3,(H,45,48)(H,46,49). The Morgan fingerprint density at radius 3 is 1.79 bits per heavy atom. The molecule has 0 aliphatic rings. The van der Waals surface area contributed by atoms with Crippen LogP contribution in [0.3, 0.4) is 0 Å². The van der Waals surface area contributed by atoms with Gasteiger partial charge in [0.1, 0.15) is 11.6 Å². The van der Waals surface area contributed by atoms with Crippen molar-refractivity contribution in [2.75, 3.05) is 11.9 Å². The Hall–Kier alpha value is -4.42. The molecular weight excluding hydrogens is 845 g/mol. The predicted octanol–water partition coefficient (Wildman–Crippen LogP) is 8.48.